The van der Waals surface area contributed by atoms with Crippen molar-refractivity contribution in [2.24, 2.45) is 52.8 Å². The summed E-state index contributed by atoms with van der Waals surface area (Å²) in [5, 5.41) is 30.6. The summed E-state index contributed by atoms with van der Waals surface area (Å²) < 4.78 is 0. The van der Waals surface area contributed by atoms with E-state index in [1.165, 1.54) is 6.42 Å². The van der Waals surface area contributed by atoms with Crippen molar-refractivity contribution in [3.05, 3.63) is 0 Å². The first-order chi connectivity index (χ1) is 12.7. The fraction of sp³-hybridized carbons (Fsp3) is 0.957. The van der Waals surface area contributed by atoms with Crippen LogP contribution in [0.4, 0.5) is 0 Å². The molecule has 0 aliphatic heterocycles. The number of carboxylic acid groups (broad SMARTS) is 1. The topological polar surface area (TPSA) is 77.8 Å². The van der Waals surface area contributed by atoms with Gasteiger partial charge in [0.2, 0.25) is 0 Å². The molecule has 0 spiro atoms. The first-order valence-corrected chi connectivity index (χ1v) is 11.3. The van der Waals surface area contributed by atoms with Crippen molar-refractivity contribution in [1.29, 1.82) is 0 Å². The van der Waals surface area contributed by atoms with Crippen LogP contribution in [0.3, 0.4) is 0 Å². The predicted octanol–water partition coefficient (Wildman–Crippen LogP) is 3.94. The van der Waals surface area contributed by atoms with Crippen molar-refractivity contribution in [2.75, 3.05) is 0 Å². The third-order valence-corrected chi connectivity index (χ3v) is 9.61. The third kappa shape index (κ3) is 3.15. The second-order valence-electron chi connectivity index (χ2n) is 10.9. The van der Waals surface area contributed by atoms with Gasteiger partial charge in [0.25, 0.3) is 0 Å². The van der Waals surface area contributed by atoms with Gasteiger partial charge in [-0.3, -0.25) is 4.79 Å². The van der Waals surface area contributed by atoms with Crippen molar-refractivity contribution in [1.82, 2.24) is 0 Å². The van der Waals surface area contributed by atoms with Gasteiger partial charge in [-0.15, -0.1) is 0 Å². The van der Waals surface area contributed by atoms with Crippen LogP contribution in [0.15, 0.2) is 0 Å². The minimum Gasteiger partial charge on any atom is -0.481 e. The standard InChI is InChI=1S/C23H38O4/c1-12(9-20(26)27)16-4-5-17-21(16)13(2)8-18-22(17)19(25)11-14-10-15(24)6-7-23(14,18)3/h12-19,21-22,24-25H,4-11H2,1-3H3,(H,26,27)/t12-,13-,14+,15-,16-,17-,18+,19-,21-,22+,23+/m1/s1. The summed E-state index contributed by atoms with van der Waals surface area (Å²) in [7, 11) is 0. The zero-order valence-corrected chi connectivity index (χ0v) is 17.2. The van der Waals surface area contributed by atoms with E-state index in [-0.39, 0.29) is 30.0 Å². The van der Waals surface area contributed by atoms with Crippen LogP contribution in [0.2, 0.25) is 0 Å². The Balaban J connectivity index is 1.59. The normalized spacial score (nSPS) is 53.1. The number of carboxylic acids is 1. The largest absolute Gasteiger partial charge is 0.481 e. The average Bonchev–Trinajstić information content (AvgIpc) is 3.02. The van der Waals surface area contributed by atoms with Crippen LogP contribution in [-0.4, -0.2) is 33.5 Å². The van der Waals surface area contributed by atoms with Crippen molar-refractivity contribution in [2.45, 2.75) is 84.3 Å². The molecule has 4 saturated carbocycles. The molecule has 0 saturated heterocycles. The van der Waals surface area contributed by atoms with E-state index in [1.54, 1.807) is 0 Å². The van der Waals surface area contributed by atoms with E-state index < -0.39 is 5.97 Å². The summed E-state index contributed by atoms with van der Waals surface area (Å²) in [4.78, 5) is 11.3. The molecule has 11 atom stereocenters. The average molecular weight is 379 g/mol. The van der Waals surface area contributed by atoms with E-state index in [2.05, 4.69) is 20.8 Å². The molecule has 154 valence electrons. The van der Waals surface area contributed by atoms with Gasteiger partial charge in [0, 0.05) is 6.42 Å². The summed E-state index contributed by atoms with van der Waals surface area (Å²) in [6, 6.07) is 0. The number of aliphatic hydroxyl groups excluding tert-OH is 2. The van der Waals surface area contributed by atoms with Gasteiger partial charge in [-0.2, -0.15) is 0 Å². The van der Waals surface area contributed by atoms with Crippen molar-refractivity contribution >= 4 is 5.97 Å². The van der Waals surface area contributed by atoms with Gasteiger partial charge >= 0.3 is 5.97 Å². The van der Waals surface area contributed by atoms with Gasteiger partial charge in [0.15, 0.2) is 0 Å². The molecule has 0 amide bonds. The molecule has 0 aromatic rings. The first-order valence-electron chi connectivity index (χ1n) is 11.3. The molecule has 0 aromatic heterocycles. The monoisotopic (exact) mass is 378 g/mol. The molecular weight excluding hydrogens is 340 g/mol. The molecular formula is C23H38O4. The second kappa shape index (κ2) is 7.02. The summed E-state index contributed by atoms with van der Waals surface area (Å²) in [5.41, 5.74) is 0.257. The van der Waals surface area contributed by atoms with Crippen LogP contribution in [0.25, 0.3) is 0 Å². The lowest BCUT2D eigenvalue weighted by molar-refractivity contribution is -0.169. The van der Waals surface area contributed by atoms with E-state index >= 15 is 0 Å². The molecule has 4 nitrogen and oxygen atoms in total. The van der Waals surface area contributed by atoms with E-state index in [4.69, 9.17) is 0 Å². The molecule has 4 rings (SSSR count). The maximum Gasteiger partial charge on any atom is 0.303 e. The van der Waals surface area contributed by atoms with Crippen LogP contribution >= 0.6 is 0 Å². The van der Waals surface area contributed by atoms with E-state index in [1.807, 2.05) is 0 Å². The summed E-state index contributed by atoms with van der Waals surface area (Å²) in [6.45, 7) is 6.95. The molecule has 3 N–H and O–H groups in total. The van der Waals surface area contributed by atoms with E-state index in [0.29, 0.717) is 41.4 Å². The maximum atomic E-state index is 11.3. The Morgan fingerprint density at radius 2 is 1.85 bits per heavy atom. The Hall–Kier alpha value is -0.610. The smallest absolute Gasteiger partial charge is 0.303 e. The van der Waals surface area contributed by atoms with Crippen LogP contribution in [0.1, 0.15) is 72.1 Å². The molecule has 0 radical (unpaired) electrons. The number of hydrogen-bond acceptors (Lipinski definition) is 3. The van der Waals surface area contributed by atoms with Crippen molar-refractivity contribution in [3.8, 4) is 0 Å². The van der Waals surface area contributed by atoms with Gasteiger partial charge in [-0.25, -0.2) is 0 Å². The second-order valence-corrected chi connectivity index (χ2v) is 10.9. The highest BCUT2D eigenvalue weighted by Gasteiger charge is 2.60. The summed E-state index contributed by atoms with van der Waals surface area (Å²) >= 11 is 0. The molecule has 4 heteroatoms. The summed E-state index contributed by atoms with van der Waals surface area (Å²) in [5.74, 6) is 3.16. The Bertz CT molecular complexity index is 577. The Morgan fingerprint density at radius 3 is 2.56 bits per heavy atom. The SMILES string of the molecule is C[C@H](CC(=O)O)[C@H]1CC[C@@H]2[C@@H]1[C@H](C)C[C@H]1[C@H]2[C@H](O)C[C@@H]2C[C@H](O)CC[C@@]21C. The maximum absolute atomic E-state index is 11.3. The molecule has 0 bridgehead atoms. The van der Waals surface area contributed by atoms with Crippen LogP contribution < -0.4 is 0 Å². The third-order valence-electron chi connectivity index (χ3n) is 9.61. The first kappa shape index (κ1) is 19.7. The quantitative estimate of drug-likeness (QED) is 0.695. The highest BCUT2D eigenvalue weighted by atomic mass is 16.4. The lowest BCUT2D eigenvalue weighted by Crippen LogP contribution is -2.58. The van der Waals surface area contributed by atoms with E-state index in [0.717, 1.165) is 38.5 Å². The minimum absolute atomic E-state index is 0.187. The van der Waals surface area contributed by atoms with Crippen LogP contribution in [-0.2, 0) is 4.79 Å². The predicted molar refractivity (Wildman–Crippen MR) is 104 cm³/mol. The molecule has 27 heavy (non-hydrogen) atoms. The van der Waals surface area contributed by atoms with Gasteiger partial charge in [-0.05, 0) is 97.7 Å². The van der Waals surface area contributed by atoms with Crippen molar-refractivity contribution < 1.29 is 20.1 Å². The molecule has 0 unspecified atom stereocenters. The number of hydrogen-bond donors (Lipinski definition) is 3. The summed E-state index contributed by atoms with van der Waals surface area (Å²) in [6.07, 6.45) is 7.01. The highest BCUT2D eigenvalue weighted by Crippen LogP contribution is 2.65. The van der Waals surface area contributed by atoms with Gasteiger partial charge in [0.1, 0.15) is 0 Å². The van der Waals surface area contributed by atoms with Gasteiger partial charge < -0.3 is 15.3 Å². The number of aliphatic hydroxyl groups is 2. The lowest BCUT2D eigenvalue weighted by atomic mass is 9.44. The Morgan fingerprint density at radius 1 is 1.11 bits per heavy atom. The van der Waals surface area contributed by atoms with Crippen LogP contribution in [0.5, 0.6) is 0 Å². The number of fused-ring (bicyclic) bond motifs is 5. The molecule has 0 heterocycles. The van der Waals surface area contributed by atoms with Crippen LogP contribution in [0, 0.1) is 52.8 Å². The zero-order chi connectivity index (χ0) is 19.5. The molecule has 0 aromatic carbocycles. The lowest BCUT2D eigenvalue weighted by Gasteiger charge is -2.61. The molecule has 4 aliphatic carbocycles. The number of rotatable bonds is 3. The Kier molecular flexibility index (Phi) is 5.12. The highest BCUT2D eigenvalue weighted by molar-refractivity contribution is 5.67. The molecule has 4 fully saturated rings. The molecule has 4 aliphatic rings. The fourth-order valence-electron chi connectivity index (χ4n) is 8.45. The number of aliphatic carboxylic acids is 1. The minimum atomic E-state index is -0.680. The Labute approximate surface area is 163 Å². The zero-order valence-electron chi connectivity index (χ0n) is 17.2. The van der Waals surface area contributed by atoms with Gasteiger partial charge in [-0.1, -0.05) is 20.8 Å². The van der Waals surface area contributed by atoms with E-state index in [9.17, 15) is 20.1 Å². The van der Waals surface area contributed by atoms with Crippen molar-refractivity contribution in [3.63, 3.8) is 0 Å². The number of carbonyl (C=O) groups is 1. The fourth-order valence-corrected chi connectivity index (χ4v) is 8.45. The van der Waals surface area contributed by atoms with Gasteiger partial charge in [0.05, 0.1) is 12.2 Å².